The van der Waals surface area contributed by atoms with Crippen molar-refractivity contribution in [2.45, 2.75) is 39.0 Å². The maximum absolute atomic E-state index is 2.48. The van der Waals surface area contributed by atoms with Gasteiger partial charge in [-0.2, -0.15) is 0 Å². The van der Waals surface area contributed by atoms with Crippen molar-refractivity contribution in [3.05, 3.63) is 252 Å². The van der Waals surface area contributed by atoms with Gasteiger partial charge in [0.1, 0.15) is 0 Å². The molecule has 2 nitrogen and oxygen atoms in total. The molecule has 2 heterocycles. The summed E-state index contributed by atoms with van der Waals surface area (Å²) < 4.78 is 4.89. The first-order chi connectivity index (χ1) is 33.6. The molecular formula is C66H50N2. The first-order valence-electron chi connectivity index (χ1n) is 24.3. The molecule has 2 aromatic heterocycles. The molecular weight excluding hydrogens is 821 g/mol. The molecule has 0 aliphatic heterocycles. The minimum Gasteiger partial charge on any atom is -0.309 e. The van der Waals surface area contributed by atoms with Gasteiger partial charge in [-0.3, -0.25) is 0 Å². The molecule has 0 saturated carbocycles. The Kier molecular flexibility index (Phi) is 9.61. The number of fused-ring (bicyclic) bond motifs is 9. The zero-order valence-corrected chi connectivity index (χ0v) is 38.5. The quantitative estimate of drug-likeness (QED) is 0.137. The van der Waals surface area contributed by atoms with Crippen molar-refractivity contribution in [2.24, 2.45) is 0 Å². The molecule has 1 aliphatic carbocycles. The van der Waals surface area contributed by atoms with Gasteiger partial charge in [-0.15, -0.1) is 0 Å². The second kappa shape index (κ2) is 16.3. The van der Waals surface area contributed by atoms with E-state index in [-0.39, 0.29) is 0 Å². The number of hydrogen-bond donors (Lipinski definition) is 0. The predicted molar refractivity (Wildman–Crippen MR) is 288 cm³/mol. The molecule has 0 spiro atoms. The lowest BCUT2D eigenvalue weighted by molar-refractivity contribution is 0.826. The highest BCUT2D eigenvalue weighted by Gasteiger charge is 2.29. The first-order valence-corrected chi connectivity index (χ1v) is 24.3. The summed E-state index contributed by atoms with van der Waals surface area (Å²) in [6.45, 7) is 4.43. The topological polar surface area (TPSA) is 9.86 Å². The molecule has 0 bridgehead atoms. The third-order valence-corrected chi connectivity index (χ3v) is 14.9. The van der Waals surface area contributed by atoms with Crippen molar-refractivity contribution in [2.75, 3.05) is 0 Å². The van der Waals surface area contributed by atoms with Gasteiger partial charge in [0, 0.05) is 38.7 Å². The highest BCUT2D eigenvalue weighted by atomic mass is 15.0. The third-order valence-electron chi connectivity index (χ3n) is 14.9. The number of para-hydroxylation sites is 3. The van der Waals surface area contributed by atoms with E-state index in [2.05, 4.69) is 247 Å². The summed E-state index contributed by atoms with van der Waals surface area (Å²) >= 11 is 0. The molecule has 324 valence electrons. The maximum Gasteiger partial charge on any atom is 0.0541 e. The van der Waals surface area contributed by atoms with Gasteiger partial charge in [0.15, 0.2) is 0 Å². The molecule has 1 atom stereocenters. The van der Waals surface area contributed by atoms with Crippen LogP contribution in [0.1, 0.15) is 47.6 Å². The van der Waals surface area contributed by atoms with Crippen LogP contribution in [0.3, 0.4) is 0 Å². The highest BCUT2D eigenvalue weighted by molar-refractivity contribution is 6.12. The molecule has 12 aromatic rings. The summed E-state index contributed by atoms with van der Waals surface area (Å²) in [7, 11) is 0. The number of aryl methyl sites for hydroxylation is 2. The molecule has 0 radical (unpaired) electrons. The summed E-state index contributed by atoms with van der Waals surface area (Å²) in [5.74, 6) is 0.342. The normalized spacial score (nSPS) is 13.2. The average Bonchev–Trinajstić information content (AvgIpc) is 4.03. The van der Waals surface area contributed by atoms with Crippen LogP contribution in [0.5, 0.6) is 0 Å². The Bertz CT molecular complexity index is 3880. The molecule has 0 N–H and O–H groups in total. The second-order valence-corrected chi connectivity index (χ2v) is 18.6. The highest BCUT2D eigenvalue weighted by Crippen LogP contribution is 2.48. The van der Waals surface area contributed by atoms with Crippen LogP contribution >= 0.6 is 0 Å². The van der Waals surface area contributed by atoms with Crippen molar-refractivity contribution in [3.8, 4) is 55.9 Å². The van der Waals surface area contributed by atoms with Crippen molar-refractivity contribution in [3.63, 3.8) is 0 Å². The SMILES string of the molecule is CCc1ccc(CC2c3ccccc3-c3cc(-c4ccc5c(c4)c4ccccc4n5-c4ccccc4-c4ccc5c(c4)c4ccccc4n5-c4ccc(-c5ccc(CC)cc5)cc4)ccc32)cc1. The van der Waals surface area contributed by atoms with Crippen molar-refractivity contribution >= 4 is 43.6 Å². The molecule has 0 saturated heterocycles. The summed E-state index contributed by atoms with van der Waals surface area (Å²) in [6.07, 6.45) is 3.11. The molecule has 0 amide bonds. The van der Waals surface area contributed by atoms with E-state index < -0.39 is 0 Å². The summed E-state index contributed by atoms with van der Waals surface area (Å²) in [6, 6.07) is 84.2. The molecule has 1 unspecified atom stereocenters. The Morgan fingerprint density at radius 1 is 0.324 bits per heavy atom. The number of rotatable bonds is 9. The fraction of sp³-hybridized carbons (Fsp3) is 0.0909. The molecule has 10 aromatic carbocycles. The van der Waals surface area contributed by atoms with Crippen LogP contribution in [-0.2, 0) is 19.3 Å². The van der Waals surface area contributed by atoms with Crippen LogP contribution in [0.15, 0.2) is 224 Å². The summed E-state index contributed by atoms with van der Waals surface area (Å²) in [5, 5.41) is 5.00. The Morgan fingerprint density at radius 2 is 0.794 bits per heavy atom. The average molecular weight is 871 g/mol. The van der Waals surface area contributed by atoms with E-state index in [1.54, 1.807) is 0 Å². The van der Waals surface area contributed by atoms with Crippen molar-refractivity contribution < 1.29 is 0 Å². The van der Waals surface area contributed by atoms with E-state index in [1.807, 2.05) is 0 Å². The first kappa shape index (κ1) is 40.1. The van der Waals surface area contributed by atoms with Gasteiger partial charge in [-0.1, -0.05) is 178 Å². The van der Waals surface area contributed by atoms with E-state index in [0.717, 1.165) is 24.9 Å². The smallest absolute Gasteiger partial charge is 0.0541 e. The van der Waals surface area contributed by atoms with Gasteiger partial charge in [-0.05, 0) is 147 Å². The predicted octanol–water partition coefficient (Wildman–Crippen LogP) is 17.4. The second-order valence-electron chi connectivity index (χ2n) is 18.6. The monoisotopic (exact) mass is 870 g/mol. The van der Waals surface area contributed by atoms with Crippen LogP contribution in [0.4, 0.5) is 0 Å². The van der Waals surface area contributed by atoms with Crippen molar-refractivity contribution in [1.29, 1.82) is 0 Å². The molecule has 2 heteroatoms. The number of benzene rings is 10. The standard InChI is InChI=1S/C66H50N2/c1-3-43-21-23-45(24-22-43)39-58-53-14-5-6-15-54(53)59-40-48(31-36-55(58)59)49-32-37-66-60(41-49)57-17-9-12-20-64(57)68(66)62-18-10-7-13-52(62)50-33-38-65-61(42-50)56-16-8-11-19-63(56)67(65)51-34-29-47(30-35-51)46-27-25-44(4-2)26-28-46/h5-38,40-42,58H,3-4,39H2,1-2H3. The zero-order chi connectivity index (χ0) is 45.3. The van der Waals surface area contributed by atoms with E-state index in [0.29, 0.717) is 5.92 Å². The largest absolute Gasteiger partial charge is 0.309 e. The minimum atomic E-state index is 0.342. The third kappa shape index (κ3) is 6.54. The Labute approximate surface area is 398 Å². The molecule has 13 rings (SSSR count). The van der Waals surface area contributed by atoms with Gasteiger partial charge in [0.25, 0.3) is 0 Å². The molecule has 68 heavy (non-hydrogen) atoms. The van der Waals surface area contributed by atoms with E-state index in [1.165, 1.54) is 122 Å². The van der Waals surface area contributed by atoms with Crippen LogP contribution in [0.2, 0.25) is 0 Å². The van der Waals surface area contributed by atoms with Gasteiger partial charge >= 0.3 is 0 Å². The van der Waals surface area contributed by atoms with Crippen molar-refractivity contribution in [1.82, 2.24) is 9.13 Å². The summed E-state index contributed by atoms with van der Waals surface area (Å²) in [4.78, 5) is 0. The van der Waals surface area contributed by atoms with Crippen LogP contribution in [-0.4, -0.2) is 9.13 Å². The Morgan fingerprint density at radius 3 is 1.50 bits per heavy atom. The lowest BCUT2D eigenvalue weighted by Crippen LogP contribution is -2.01. The Hall–Kier alpha value is -8.20. The molecule has 0 fully saturated rings. The maximum atomic E-state index is 2.48. The number of hydrogen-bond acceptors (Lipinski definition) is 0. The van der Waals surface area contributed by atoms with Crippen LogP contribution in [0.25, 0.3) is 99.5 Å². The van der Waals surface area contributed by atoms with Gasteiger partial charge in [-0.25, -0.2) is 0 Å². The van der Waals surface area contributed by atoms with E-state index in [4.69, 9.17) is 0 Å². The fourth-order valence-electron chi connectivity index (χ4n) is 11.3. The van der Waals surface area contributed by atoms with Crippen LogP contribution in [0, 0.1) is 0 Å². The fourth-order valence-corrected chi connectivity index (χ4v) is 11.3. The summed E-state index contributed by atoms with van der Waals surface area (Å²) in [5.41, 5.74) is 24.2. The van der Waals surface area contributed by atoms with Gasteiger partial charge < -0.3 is 9.13 Å². The number of nitrogens with zero attached hydrogens (tertiary/aromatic N) is 2. The van der Waals surface area contributed by atoms with Gasteiger partial charge in [0.05, 0.1) is 27.8 Å². The van der Waals surface area contributed by atoms with Gasteiger partial charge in [0.2, 0.25) is 0 Å². The van der Waals surface area contributed by atoms with Crippen LogP contribution < -0.4 is 0 Å². The minimum absolute atomic E-state index is 0.342. The number of aromatic nitrogens is 2. The Balaban J connectivity index is 0.887. The lowest BCUT2D eigenvalue weighted by Gasteiger charge is -2.15. The molecule has 1 aliphatic rings. The zero-order valence-electron chi connectivity index (χ0n) is 38.5. The van der Waals surface area contributed by atoms with E-state index >= 15 is 0 Å². The lowest BCUT2D eigenvalue weighted by atomic mass is 9.89. The van der Waals surface area contributed by atoms with E-state index in [9.17, 15) is 0 Å².